The van der Waals surface area contributed by atoms with Crippen LogP contribution in [0.15, 0.2) is 22.3 Å². The molecule has 0 aromatic rings. The Bertz CT molecular complexity index is 737. The number of likely N-dealkylation sites (N-methyl/N-ethyl adjacent to an activating group) is 1. The quantitative estimate of drug-likeness (QED) is 0.511. The molecule has 0 aromatic heterocycles. The Kier molecular flexibility index (Phi) is 6.39. The summed E-state index contributed by atoms with van der Waals surface area (Å²) >= 11 is 6.81. The Balaban J connectivity index is 1.80. The van der Waals surface area contributed by atoms with E-state index in [2.05, 4.69) is 24.8 Å². The second kappa shape index (κ2) is 8.45. The molecule has 2 fully saturated rings. The maximum atomic E-state index is 12.8. The smallest absolute Gasteiger partial charge is 0.409 e. The Morgan fingerprint density at radius 1 is 1.21 bits per heavy atom. The van der Waals surface area contributed by atoms with E-state index in [0.717, 1.165) is 36.4 Å². The fourth-order valence-corrected chi connectivity index (χ4v) is 5.40. The highest BCUT2D eigenvalue weighted by atomic mass is 32.2. The van der Waals surface area contributed by atoms with E-state index >= 15 is 0 Å². The van der Waals surface area contributed by atoms with Gasteiger partial charge in [-0.1, -0.05) is 37.8 Å². The molecule has 0 bridgehead atoms. The van der Waals surface area contributed by atoms with Crippen molar-refractivity contribution in [3.05, 3.63) is 22.3 Å². The molecule has 6 nitrogen and oxygen atoms in total. The van der Waals surface area contributed by atoms with Gasteiger partial charge in [0.1, 0.15) is 4.32 Å². The molecule has 1 aliphatic carbocycles. The summed E-state index contributed by atoms with van der Waals surface area (Å²) in [7, 11) is 0. The maximum absolute atomic E-state index is 12.8. The van der Waals surface area contributed by atoms with Crippen LogP contribution in [0.5, 0.6) is 0 Å². The third-order valence-corrected chi connectivity index (χ3v) is 6.84. The summed E-state index contributed by atoms with van der Waals surface area (Å²) in [6.07, 6.45) is 3.79. The van der Waals surface area contributed by atoms with Gasteiger partial charge in [-0.3, -0.25) is 9.69 Å². The van der Waals surface area contributed by atoms with Crippen molar-refractivity contribution >= 4 is 40.3 Å². The highest BCUT2D eigenvalue weighted by Crippen LogP contribution is 2.44. The third-order valence-electron chi connectivity index (χ3n) is 5.34. The lowest BCUT2D eigenvalue weighted by molar-refractivity contribution is -0.122. The summed E-state index contributed by atoms with van der Waals surface area (Å²) in [5.74, 6) is 0.0351. The number of hydrogen-bond donors (Lipinski definition) is 0. The van der Waals surface area contributed by atoms with Crippen molar-refractivity contribution in [1.29, 1.82) is 0 Å². The van der Waals surface area contributed by atoms with Crippen molar-refractivity contribution in [3.8, 4) is 0 Å². The Morgan fingerprint density at radius 2 is 1.89 bits per heavy atom. The van der Waals surface area contributed by atoms with Crippen molar-refractivity contribution in [2.24, 2.45) is 5.41 Å². The summed E-state index contributed by atoms with van der Waals surface area (Å²) in [6, 6.07) is 0. The second-order valence-corrected chi connectivity index (χ2v) is 9.74. The number of hydrogen-bond acceptors (Lipinski definition) is 6. The summed E-state index contributed by atoms with van der Waals surface area (Å²) in [4.78, 5) is 31.3. The van der Waals surface area contributed by atoms with Gasteiger partial charge in [0, 0.05) is 38.4 Å². The molecule has 0 aromatic carbocycles. The van der Waals surface area contributed by atoms with Crippen LogP contribution in [0.25, 0.3) is 0 Å². The topological polar surface area (TPSA) is 53.1 Å². The van der Waals surface area contributed by atoms with E-state index in [4.69, 9.17) is 17.0 Å². The van der Waals surface area contributed by atoms with Crippen LogP contribution in [0, 0.1) is 5.41 Å². The molecule has 3 rings (SSSR count). The SMILES string of the molecule is CCOC(=O)N1CCN(C2=CC(=C3SC(=S)N(CC)C3=O)CC(C)(C)C2)CC1. The van der Waals surface area contributed by atoms with Crippen LogP contribution in [-0.4, -0.2) is 70.4 Å². The number of carbonyl (C=O) groups is 2. The number of rotatable bonds is 3. The van der Waals surface area contributed by atoms with Gasteiger partial charge in [-0.2, -0.15) is 0 Å². The molecule has 8 heteroatoms. The van der Waals surface area contributed by atoms with E-state index in [9.17, 15) is 9.59 Å². The number of amides is 2. The fourth-order valence-electron chi connectivity index (χ4n) is 3.98. The Labute approximate surface area is 176 Å². The Hall–Kier alpha value is -1.54. The third kappa shape index (κ3) is 4.38. The van der Waals surface area contributed by atoms with Gasteiger partial charge in [0.25, 0.3) is 5.91 Å². The highest BCUT2D eigenvalue weighted by molar-refractivity contribution is 8.26. The molecule has 28 heavy (non-hydrogen) atoms. The highest BCUT2D eigenvalue weighted by Gasteiger charge is 2.37. The van der Waals surface area contributed by atoms with E-state index in [1.807, 2.05) is 13.8 Å². The number of thioether (sulfide) groups is 1. The second-order valence-electron chi connectivity index (χ2n) is 8.10. The van der Waals surface area contributed by atoms with Crippen LogP contribution in [0.3, 0.4) is 0 Å². The van der Waals surface area contributed by atoms with E-state index in [0.29, 0.717) is 30.6 Å². The van der Waals surface area contributed by atoms with Gasteiger partial charge in [0.05, 0.1) is 11.5 Å². The van der Waals surface area contributed by atoms with Crippen LogP contribution in [0.4, 0.5) is 4.79 Å². The molecule has 0 radical (unpaired) electrons. The molecule has 3 aliphatic rings. The minimum Gasteiger partial charge on any atom is -0.450 e. The predicted molar refractivity (Wildman–Crippen MR) is 116 cm³/mol. The molecular weight excluding hydrogens is 394 g/mol. The van der Waals surface area contributed by atoms with E-state index in [1.54, 1.807) is 9.80 Å². The average Bonchev–Trinajstić information content (AvgIpc) is 2.94. The van der Waals surface area contributed by atoms with Crippen molar-refractivity contribution in [2.75, 3.05) is 39.3 Å². The number of piperazine rings is 1. The zero-order valence-electron chi connectivity index (χ0n) is 17.1. The Morgan fingerprint density at radius 3 is 2.46 bits per heavy atom. The molecule has 2 aliphatic heterocycles. The molecule has 2 saturated heterocycles. The zero-order chi connectivity index (χ0) is 20.5. The molecule has 2 amide bonds. The first-order chi connectivity index (χ1) is 13.3. The minimum atomic E-state index is -0.232. The summed E-state index contributed by atoms with van der Waals surface area (Å²) in [5.41, 5.74) is 2.41. The molecule has 0 saturated carbocycles. The van der Waals surface area contributed by atoms with Crippen LogP contribution in [0.2, 0.25) is 0 Å². The number of thiocarbonyl (C=S) groups is 1. The van der Waals surface area contributed by atoms with Crippen molar-refractivity contribution in [3.63, 3.8) is 0 Å². The number of carbonyl (C=O) groups excluding carboxylic acids is 2. The largest absolute Gasteiger partial charge is 0.450 e. The van der Waals surface area contributed by atoms with Crippen molar-refractivity contribution in [2.45, 2.75) is 40.5 Å². The summed E-state index contributed by atoms with van der Waals surface area (Å²) in [6.45, 7) is 12.2. The van der Waals surface area contributed by atoms with Gasteiger partial charge in [-0.15, -0.1) is 0 Å². The molecular formula is C20H29N3O3S2. The predicted octanol–water partition coefficient (Wildman–Crippen LogP) is 3.60. The number of ether oxygens (including phenoxy) is 1. The molecule has 0 spiro atoms. The van der Waals surface area contributed by atoms with Gasteiger partial charge < -0.3 is 14.5 Å². The van der Waals surface area contributed by atoms with Gasteiger partial charge in [-0.05, 0) is 43.8 Å². The first kappa shape index (κ1) is 21.2. The standard InChI is InChI=1S/C20H29N3O3S2/c1-5-23-17(24)16(28-19(23)27)14-11-15(13-20(3,4)12-14)21-7-9-22(10-8-21)18(25)26-6-2/h11H,5-10,12-13H2,1-4H3. The van der Waals surface area contributed by atoms with Crippen molar-refractivity contribution < 1.29 is 14.3 Å². The first-order valence-corrected chi connectivity index (χ1v) is 11.1. The van der Waals surface area contributed by atoms with E-state index in [-0.39, 0.29) is 17.4 Å². The summed E-state index contributed by atoms with van der Waals surface area (Å²) < 4.78 is 5.76. The maximum Gasteiger partial charge on any atom is 0.409 e. The molecule has 0 N–H and O–H groups in total. The van der Waals surface area contributed by atoms with Crippen LogP contribution < -0.4 is 0 Å². The first-order valence-electron chi connectivity index (χ1n) is 9.89. The fraction of sp³-hybridized carbons (Fsp3) is 0.650. The van der Waals surface area contributed by atoms with Crippen molar-refractivity contribution in [1.82, 2.24) is 14.7 Å². The molecule has 0 unspecified atom stereocenters. The van der Waals surface area contributed by atoms with Crippen LogP contribution in [-0.2, 0) is 9.53 Å². The average molecular weight is 424 g/mol. The molecule has 2 heterocycles. The zero-order valence-corrected chi connectivity index (χ0v) is 18.8. The number of nitrogens with zero attached hydrogens (tertiary/aromatic N) is 3. The van der Waals surface area contributed by atoms with Gasteiger partial charge in [-0.25, -0.2) is 4.79 Å². The van der Waals surface area contributed by atoms with Crippen LogP contribution in [0.1, 0.15) is 40.5 Å². The lowest BCUT2D eigenvalue weighted by atomic mass is 9.76. The minimum absolute atomic E-state index is 0.0351. The summed E-state index contributed by atoms with van der Waals surface area (Å²) in [5, 5.41) is 0. The normalized spacial score (nSPS) is 25.3. The molecule has 154 valence electrons. The van der Waals surface area contributed by atoms with Crippen LogP contribution >= 0.6 is 24.0 Å². The lowest BCUT2D eigenvalue weighted by Crippen LogP contribution is -2.49. The lowest BCUT2D eigenvalue weighted by Gasteiger charge is -2.41. The number of allylic oxidation sites excluding steroid dienone is 3. The van der Waals surface area contributed by atoms with Gasteiger partial charge in [0.15, 0.2) is 0 Å². The monoisotopic (exact) mass is 423 g/mol. The van der Waals surface area contributed by atoms with Gasteiger partial charge in [0.2, 0.25) is 0 Å². The van der Waals surface area contributed by atoms with E-state index < -0.39 is 0 Å². The van der Waals surface area contributed by atoms with E-state index in [1.165, 1.54) is 17.5 Å². The van der Waals surface area contributed by atoms with Gasteiger partial charge >= 0.3 is 6.09 Å². The molecule has 0 atom stereocenters.